The molecular formula is C22H32N2O5S. The number of alkyl carbamates (subject to hydrolysis) is 1. The van der Waals surface area contributed by atoms with Gasteiger partial charge in [0.2, 0.25) is 5.91 Å². The smallest absolute Gasteiger partial charge is 0.407 e. The number of carbonyl (C=O) groups excluding carboxylic acids is 3. The largest absolute Gasteiger partial charge is 0.462 e. The van der Waals surface area contributed by atoms with Crippen molar-refractivity contribution in [1.82, 2.24) is 5.32 Å². The summed E-state index contributed by atoms with van der Waals surface area (Å²) in [6.45, 7) is 7.86. The minimum absolute atomic E-state index is 0.0281. The molecule has 1 fully saturated rings. The summed E-state index contributed by atoms with van der Waals surface area (Å²) < 4.78 is 10.8. The van der Waals surface area contributed by atoms with Crippen LogP contribution in [0.2, 0.25) is 0 Å². The molecule has 1 atom stereocenters. The van der Waals surface area contributed by atoms with Crippen molar-refractivity contribution in [2.24, 2.45) is 5.92 Å². The Morgan fingerprint density at radius 2 is 1.90 bits per heavy atom. The highest BCUT2D eigenvalue weighted by Crippen LogP contribution is 2.40. The van der Waals surface area contributed by atoms with E-state index in [1.54, 1.807) is 0 Å². The second-order valence-electron chi connectivity index (χ2n) is 9.05. The Morgan fingerprint density at radius 1 is 1.17 bits per heavy atom. The summed E-state index contributed by atoms with van der Waals surface area (Å²) in [6.07, 6.45) is 5.07. The van der Waals surface area contributed by atoms with Crippen molar-refractivity contribution < 1.29 is 23.9 Å². The van der Waals surface area contributed by atoms with E-state index in [0.29, 0.717) is 23.6 Å². The lowest BCUT2D eigenvalue weighted by Gasteiger charge is -2.26. The minimum atomic E-state index is -0.569. The average Bonchev–Trinajstić information content (AvgIpc) is 3.42. The first-order valence-electron chi connectivity index (χ1n) is 10.8. The molecule has 2 N–H and O–H groups in total. The maximum Gasteiger partial charge on any atom is 0.407 e. The zero-order valence-electron chi connectivity index (χ0n) is 18.3. The molecular weight excluding hydrogens is 404 g/mol. The number of hydrogen-bond donors (Lipinski definition) is 2. The van der Waals surface area contributed by atoms with Gasteiger partial charge in [-0.2, -0.15) is 0 Å². The first-order chi connectivity index (χ1) is 14.2. The van der Waals surface area contributed by atoms with Gasteiger partial charge in [-0.3, -0.25) is 4.79 Å². The molecule has 166 valence electrons. The highest BCUT2D eigenvalue weighted by Gasteiger charge is 2.34. The monoisotopic (exact) mass is 436 g/mol. The normalized spacial score (nSPS) is 18.3. The van der Waals surface area contributed by atoms with Gasteiger partial charge in [-0.1, -0.05) is 13.3 Å². The fourth-order valence-electron chi connectivity index (χ4n) is 3.43. The molecule has 1 heterocycles. The molecule has 0 radical (unpaired) electrons. The third-order valence-electron chi connectivity index (χ3n) is 5.10. The first-order valence-corrected chi connectivity index (χ1v) is 11.6. The minimum Gasteiger partial charge on any atom is -0.462 e. The number of rotatable bonds is 7. The fourth-order valence-corrected chi connectivity index (χ4v) is 4.66. The Hall–Kier alpha value is -2.09. The molecule has 7 nitrogen and oxygen atoms in total. The molecule has 3 rings (SSSR count). The van der Waals surface area contributed by atoms with Crippen LogP contribution in [0.25, 0.3) is 0 Å². The summed E-state index contributed by atoms with van der Waals surface area (Å²) in [4.78, 5) is 38.5. The molecule has 1 saturated carbocycles. The van der Waals surface area contributed by atoms with Crippen LogP contribution in [-0.2, 0) is 27.1 Å². The third kappa shape index (κ3) is 5.97. The number of fused-ring (bicyclic) bond motifs is 1. The lowest BCUT2D eigenvalue weighted by molar-refractivity contribution is -0.117. The number of thiophene rings is 1. The second kappa shape index (κ2) is 9.37. The van der Waals surface area contributed by atoms with E-state index < -0.39 is 17.7 Å². The van der Waals surface area contributed by atoms with E-state index in [9.17, 15) is 14.4 Å². The topological polar surface area (TPSA) is 93.7 Å². The quantitative estimate of drug-likeness (QED) is 0.487. The Bertz CT molecular complexity index is 807. The summed E-state index contributed by atoms with van der Waals surface area (Å²) in [5.74, 6) is -0.376. The predicted octanol–water partition coefficient (Wildman–Crippen LogP) is 4.44. The van der Waals surface area contributed by atoms with Gasteiger partial charge < -0.3 is 20.1 Å². The molecule has 1 aromatic rings. The van der Waals surface area contributed by atoms with Crippen LogP contribution in [0.4, 0.5) is 9.80 Å². The zero-order valence-corrected chi connectivity index (χ0v) is 19.1. The Balaban J connectivity index is 1.77. The Kier molecular flexibility index (Phi) is 7.06. The number of esters is 1. The van der Waals surface area contributed by atoms with Crippen LogP contribution in [0, 0.1) is 5.92 Å². The van der Waals surface area contributed by atoms with Crippen molar-refractivity contribution in [3.05, 3.63) is 16.0 Å². The summed E-state index contributed by atoms with van der Waals surface area (Å²) in [5.41, 5.74) is 0.761. The zero-order chi connectivity index (χ0) is 21.9. The van der Waals surface area contributed by atoms with Gasteiger partial charge in [-0.05, 0) is 64.9 Å². The molecule has 0 bridgehead atoms. The van der Waals surface area contributed by atoms with Crippen molar-refractivity contribution in [1.29, 1.82) is 0 Å². The molecule has 0 aliphatic heterocycles. The van der Waals surface area contributed by atoms with Gasteiger partial charge in [0.05, 0.1) is 12.2 Å². The Labute approximate surface area is 181 Å². The van der Waals surface area contributed by atoms with Crippen molar-refractivity contribution >= 4 is 34.3 Å². The highest BCUT2D eigenvalue weighted by atomic mass is 32.1. The van der Waals surface area contributed by atoms with Gasteiger partial charge in [0.15, 0.2) is 0 Å². The van der Waals surface area contributed by atoms with E-state index in [2.05, 4.69) is 10.6 Å². The molecule has 2 aliphatic rings. The third-order valence-corrected chi connectivity index (χ3v) is 6.31. The molecule has 0 saturated heterocycles. The summed E-state index contributed by atoms with van der Waals surface area (Å²) >= 11 is 1.46. The number of anilines is 1. The van der Waals surface area contributed by atoms with Gasteiger partial charge in [0.25, 0.3) is 0 Å². The molecule has 0 spiro atoms. The number of hydrogen-bond acceptors (Lipinski definition) is 6. The molecule has 1 aromatic heterocycles. The SMILES string of the molecule is CCCCOC(=O)c1c(NC(=O)C2CC2)sc2c1CC(NC(=O)OC(C)(C)C)CC2. The number of nitrogens with one attached hydrogen (secondary N) is 2. The van der Waals surface area contributed by atoms with E-state index in [1.807, 2.05) is 27.7 Å². The van der Waals surface area contributed by atoms with Gasteiger partial charge >= 0.3 is 12.1 Å². The lowest BCUT2D eigenvalue weighted by atomic mass is 9.91. The molecule has 30 heavy (non-hydrogen) atoms. The van der Waals surface area contributed by atoms with Crippen LogP contribution < -0.4 is 10.6 Å². The maximum atomic E-state index is 12.9. The summed E-state index contributed by atoms with van der Waals surface area (Å²) in [6, 6.07) is -0.129. The van der Waals surface area contributed by atoms with Crippen molar-refractivity contribution in [3.8, 4) is 0 Å². The van der Waals surface area contributed by atoms with Crippen molar-refractivity contribution in [2.45, 2.75) is 84.3 Å². The number of ether oxygens (including phenoxy) is 2. The fraction of sp³-hybridized carbons (Fsp3) is 0.682. The molecule has 2 amide bonds. The number of unbranched alkanes of at least 4 members (excludes halogenated alkanes) is 1. The van der Waals surface area contributed by atoms with E-state index in [-0.39, 0.29) is 17.9 Å². The molecule has 8 heteroatoms. The first kappa shape index (κ1) is 22.6. The van der Waals surface area contributed by atoms with E-state index >= 15 is 0 Å². The molecule has 1 unspecified atom stereocenters. The summed E-state index contributed by atoms with van der Waals surface area (Å²) in [7, 11) is 0. The lowest BCUT2D eigenvalue weighted by Crippen LogP contribution is -2.41. The highest BCUT2D eigenvalue weighted by molar-refractivity contribution is 7.17. The standard InChI is InChI=1S/C22H32N2O5S/c1-5-6-11-28-20(26)17-15-12-14(23-21(27)29-22(2,3)4)9-10-16(15)30-19(17)24-18(25)13-7-8-13/h13-14H,5-12H2,1-4H3,(H,23,27)(H,24,25). The molecule has 2 aliphatic carbocycles. The van der Waals surface area contributed by atoms with E-state index in [1.165, 1.54) is 11.3 Å². The number of aryl methyl sites for hydroxylation is 1. The van der Waals surface area contributed by atoms with E-state index in [4.69, 9.17) is 9.47 Å². The van der Waals surface area contributed by atoms with E-state index in [0.717, 1.165) is 49.0 Å². The van der Waals surface area contributed by atoms with Gasteiger partial charge in [0.1, 0.15) is 10.6 Å². The predicted molar refractivity (Wildman–Crippen MR) is 116 cm³/mol. The molecule has 0 aromatic carbocycles. The second-order valence-corrected chi connectivity index (χ2v) is 10.2. The van der Waals surface area contributed by atoms with Crippen LogP contribution in [0.15, 0.2) is 0 Å². The summed E-state index contributed by atoms with van der Waals surface area (Å²) in [5, 5.41) is 6.45. The van der Waals surface area contributed by atoms with Gasteiger partial charge in [-0.25, -0.2) is 9.59 Å². The van der Waals surface area contributed by atoms with Crippen LogP contribution in [0.1, 0.15) is 80.6 Å². The van der Waals surface area contributed by atoms with Crippen LogP contribution >= 0.6 is 11.3 Å². The van der Waals surface area contributed by atoms with Crippen molar-refractivity contribution in [3.63, 3.8) is 0 Å². The van der Waals surface area contributed by atoms with Crippen LogP contribution in [0.5, 0.6) is 0 Å². The van der Waals surface area contributed by atoms with Gasteiger partial charge in [-0.15, -0.1) is 11.3 Å². The van der Waals surface area contributed by atoms with Crippen molar-refractivity contribution in [2.75, 3.05) is 11.9 Å². The van der Waals surface area contributed by atoms with Crippen LogP contribution in [0.3, 0.4) is 0 Å². The van der Waals surface area contributed by atoms with Crippen LogP contribution in [-0.4, -0.2) is 36.2 Å². The Morgan fingerprint density at radius 3 is 2.53 bits per heavy atom. The number of amides is 2. The average molecular weight is 437 g/mol. The van der Waals surface area contributed by atoms with Gasteiger partial charge in [0, 0.05) is 16.8 Å². The maximum absolute atomic E-state index is 12.9. The number of carbonyl (C=O) groups is 3.